The molecule has 0 fully saturated rings. The Morgan fingerprint density at radius 2 is 2.39 bits per heavy atom. The number of anilines is 2. The maximum absolute atomic E-state index is 11.0. The van der Waals surface area contributed by atoms with E-state index in [-0.39, 0.29) is 10.6 Å². The number of hydrogen-bond donors (Lipinski definition) is 2. The van der Waals surface area contributed by atoms with Crippen LogP contribution in [-0.2, 0) is 11.2 Å². The number of ether oxygens (including phenoxy) is 1. The normalized spacial score (nSPS) is 12.9. The van der Waals surface area contributed by atoms with Crippen LogP contribution in [0.5, 0.6) is 0 Å². The van der Waals surface area contributed by atoms with Crippen LogP contribution in [0.25, 0.3) is 0 Å². The van der Waals surface area contributed by atoms with Gasteiger partial charge in [-0.3, -0.25) is 10.1 Å². The molecular formula is C12H17N3O3. The fourth-order valence-electron chi connectivity index (χ4n) is 2.16. The molecule has 0 bridgehead atoms. The quantitative estimate of drug-likeness (QED) is 0.459. The first kappa shape index (κ1) is 12.6. The fourth-order valence-corrected chi connectivity index (χ4v) is 2.16. The van der Waals surface area contributed by atoms with Crippen LogP contribution >= 0.6 is 0 Å². The van der Waals surface area contributed by atoms with E-state index in [0.717, 1.165) is 30.6 Å². The largest absolute Gasteiger partial charge is 0.385 e. The van der Waals surface area contributed by atoms with Gasteiger partial charge in [-0.05, 0) is 18.9 Å². The second kappa shape index (κ2) is 5.68. The number of nitro groups is 1. The molecule has 1 aliphatic rings. The van der Waals surface area contributed by atoms with E-state index in [1.807, 2.05) is 0 Å². The number of benzene rings is 1. The zero-order valence-corrected chi connectivity index (χ0v) is 10.4. The van der Waals surface area contributed by atoms with Gasteiger partial charge in [0, 0.05) is 44.1 Å². The lowest BCUT2D eigenvalue weighted by Gasteiger charge is -2.11. The third kappa shape index (κ3) is 2.53. The van der Waals surface area contributed by atoms with Crippen LogP contribution in [0.15, 0.2) is 12.1 Å². The van der Waals surface area contributed by atoms with Gasteiger partial charge in [-0.1, -0.05) is 0 Å². The maximum Gasteiger partial charge on any atom is 0.292 e. The van der Waals surface area contributed by atoms with Crippen LogP contribution in [0.2, 0.25) is 0 Å². The number of fused-ring (bicyclic) bond motifs is 1. The molecule has 0 unspecified atom stereocenters. The summed E-state index contributed by atoms with van der Waals surface area (Å²) < 4.78 is 4.96. The van der Waals surface area contributed by atoms with Crippen molar-refractivity contribution in [2.45, 2.75) is 12.8 Å². The first-order valence-electron chi connectivity index (χ1n) is 6.01. The summed E-state index contributed by atoms with van der Waals surface area (Å²) >= 11 is 0. The van der Waals surface area contributed by atoms with Crippen LogP contribution in [0.3, 0.4) is 0 Å². The Labute approximate surface area is 105 Å². The molecular weight excluding hydrogens is 234 g/mol. The Hall–Kier alpha value is -1.82. The third-order valence-corrected chi connectivity index (χ3v) is 3.01. The smallest absolute Gasteiger partial charge is 0.292 e. The molecule has 0 atom stereocenters. The Morgan fingerprint density at radius 3 is 3.11 bits per heavy atom. The molecule has 0 aromatic heterocycles. The summed E-state index contributed by atoms with van der Waals surface area (Å²) in [5.74, 6) is 0. The maximum atomic E-state index is 11.0. The lowest BCUT2D eigenvalue weighted by Crippen LogP contribution is -2.08. The summed E-state index contributed by atoms with van der Waals surface area (Å²) in [4.78, 5) is 10.7. The molecule has 1 aliphatic heterocycles. The van der Waals surface area contributed by atoms with E-state index >= 15 is 0 Å². The fraction of sp³-hybridized carbons (Fsp3) is 0.500. The predicted octanol–water partition coefficient (Wildman–Crippen LogP) is 2.01. The summed E-state index contributed by atoms with van der Waals surface area (Å²) in [6, 6.07) is 3.33. The number of rotatable bonds is 6. The lowest BCUT2D eigenvalue weighted by molar-refractivity contribution is -0.384. The minimum Gasteiger partial charge on any atom is -0.385 e. The molecule has 1 heterocycles. The van der Waals surface area contributed by atoms with E-state index < -0.39 is 0 Å². The van der Waals surface area contributed by atoms with Crippen molar-refractivity contribution in [2.75, 3.05) is 37.4 Å². The summed E-state index contributed by atoms with van der Waals surface area (Å²) in [7, 11) is 1.65. The monoisotopic (exact) mass is 251 g/mol. The van der Waals surface area contributed by atoms with Crippen molar-refractivity contribution < 1.29 is 9.66 Å². The molecule has 6 heteroatoms. The van der Waals surface area contributed by atoms with Gasteiger partial charge in [0.05, 0.1) is 4.92 Å². The minimum absolute atomic E-state index is 0.148. The SMILES string of the molecule is COCCCNc1c([N+](=O)[O-])ccc2c1CCN2. The van der Waals surface area contributed by atoms with Gasteiger partial charge in [-0.25, -0.2) is 0 Å². The van der Waals surface area contributed by atoms with Crippen LogP contribution in [0.1, 0.15) is 12.0 Å². The van der Waals surface area contributed by atoms with Gasteiger partial charge in [-0.15, -0.1) is 0 Å². The Bertz CT molecular complexity index is 448. The zero-order valence-electron chi connectivity index (χ0n) is 10.4. The van der Waals surface area contributed by atoms with E-state index in [9.17, 15) is 10.1 Å². The van der Waals surface area contributed by atoms with Gasteiger partial charge in [0.1, 0.15) is 5.69 Å². The summed E-state index contributed by atoms with van der Waals surface area (Å²) in [6.45, 7) is 2.16. The number of nitrogens with one attached hydrogen (secondary N) is 2. The van der Waals surface area contributed by atoms with E-state index in [1.54, 1.807) is 19.2 Å². The molecule has 0 saturated carbocycles. The van der Waals surface area contributed by atoms with Gasteiger partial charge in [0.15, 0.2) is 0 Å². The molecule has 0 aliphatic carbocycles. The van der Waals surface area contributed by atoms with Crippen molar-refractivity contribution in [1.29, 1.82) is 0 Å². The predicted molar refractivity (Wildman–Crippen MR) is 70.3 cm³/mol. The van der Waals surface area contributed by atoms with Crippen molar-refractivity contribution in [1.82, 2.24) is 0 Å². The van der Waals surface area contributed by atoms with Gasteiger partial charge in [0.25, 0.3) is 5.69 Å². The molecule has 18 heavy (non-hydrogen) atoms. The lowest BCUT2D eigenvalue weighted by atomic mass is 10.1. The molecule has 0 saturated heterocycles. The van der Waals surface area contributed by atoms with Crippen molar-refractivity contribution in [3.05, 3.63) is 27.8 Å². The second-order valence-corrected chi connectivity index (χ2v) is 4.19. The van der Waals surface area contributed by atoms with Crippen molar-refractivity contribution in [2.24, 2.45) is 0 Å². The van der Waals surface area contributed by atoms with Gasteiger partial charge >= 0.3 is 0 Å². The van der Waals surface area contributed by atoms with Crippen molar-refractivity contribution in [3.8, 4) is 0 Å². The molecule has 0 radical (unpaired) electrons. The second-order valence-electron chi connectivity index (χ2n) is 4.19. The first-order valence-corrected chi connectivity index (χ1v) is 6.01. The summed E-state index contributed by atoms with van der Waals surface area (Å²) in [5, 5.41) is 17.4. The summed E-state index contributed by atoms with van der Waals surface area (Å²) in [6.07, 6.45) is 1.65. The highest BCUT2D eigenvalue weighted by Gasteiger charge is 2.23. The van der Waals surface area contributed by atoms with Crippen LogP contribution in [-0.4, -0.2) is 31.7 Å². The van der Waals surface area contributed by atoms with Gasteiger partial charge in [0.2, 0.25) is 0 Å². The Balaban J connectivity index is 2.19. The molecule has 1 aromatic carbocycles. The van der Waals surface area contributed by atoms with Gasteiger partial charge in [-0.2, -0.15) is 0 Å². The molecule has 98 valence electrons. The number of nitro benzene ring substituents is 1. The van der Waals surface area contributed by atoms with E-state index in [4.69, 9.17) is 4.74 Å². The van der Waals surface area contributed by atoms with E-state index in [0.29, 0.717) is 18.8 Å². The average molecular weight is 251 g/mol. The highest BCUT2D eigenvalue weighted by Crippen LogP contribution is 2.36. The van der Waals surface area contributed by atoms with Gasteiger partial charge < -0.3 is 15.4 Å². The molecule has 0 amide bonds. The highest BCUT2D eigenvalue weighted by molar-refractivity contribution is 5.76. The topological polar surface area (TPSA) is 76.4 Å². The molecule has 2 rings (SSSR count). The van der Waals surface area contributed by atoms with Crippen molar-refractivity contribution >= 4 is 17.1 Å². The van der Waals surface area contributed by atoms with Crippen LogP contribution in [0, 0.1) is 10.1 Å². The zero-order chi connectivity index (χ0) is 13.0. The number of methoxy groups -OCH3 is 1. The van der Waals surface area contributed by atoms with Crippen LogP contribution in [0.4, 0.5) is 17.1 Å². The van der Waals surface area contributed by atoms with E-state index in [1.165, 1.54) is 0 Å². The van der Waals surface area contributed by atoms with Crippen LogP contribution < -0.4 is 10.6 Å². The third-order valence-electron chi connectivity index (χ3n) is 3.01. The standard InChI is InChI=1S/C12H17N3O3/c1-18-8-2-6-14-12-9-5-7-13-10(9)3-4-11(12)15(16)17/h3-4,13-14H,2,5-8H2,1H3. The van der Waals surface area contributed by atoms with Crippen molar-refractivity contribution in [3.63, 3.8) is 0 Å². The molecule has 0 spiro atoms. The number of nitrogens with zero attached hydrogens (tertiary/aromatic N) is 1. The highest BCUT2D eigenvalue weighted by atomic mass is 16.6. The minimum atomic E-state index is -0.336. The first-order chi connectivity index (χ1) is 8.74. The summed E-state index contributed by atoms with van der Waals surface area (Å²) in [5.41, 5.74) is 2.81. The Kier molecular flexibility index (Phi) is 3.99. The average Bonchev–Trinajstić information content (AvgIpc) is 2.82. The Morgan fingerprint density at radius 1 is 1.56 bits per heavy atom. The van der Waals surface area contributed by atoms with E-state index in [2.05, 4.69) is 10.6 Å². The molecule has 6 nitrogen and oxygen atoms in total. The molecule has 1 aromatic rings. The molecule has 2 N–H and O–H groups in total. The number of hydrogen-bond acceptors (Lipinski definition) is 5.